The zero-order valence-corrected chi connectivity index (χ0v) is 18.8. The van der Waals surface area contributed by atoms with E-state index in [-0.39, 0.29) is 0 Å². The molecule has 1 unspecified atom stereocenters. The smallest absolute Gasteiger partial charge is 0.243 e. The van der Waals surface area contributed by atoms with E-state index in [0.717, 1.165) is 37.0 Å². The Labute approximate surface area is 183 Å². The summed E-state index contributed by atoms with van der Waals surface area (Å²) in [4.78, 5) is 4.87. The lowest BCUT2D eigenvalue weighted by Gasteiger charge is -2.23. The highest BCUT2D eigenvalue weighted by molar-refractivity contribution is 5.80. The zero-order chi connectivity index (χ0) is 21.5. The van der Waals surface area contributed by atoms with Gasteiger partial charge in [0.1, 0.15) is 0 Å². The molecule has 5 rings (SSSR count). The Bertz CT molecular complexity index is 1230. The van der Waals surface area contributed by atoms with Crippen molar-refractivity contribution < 1.29 is 0 Å². The highest BCUT2D eigenvalue weighted by Gasteiger charge is 2.24. The molecule has 3 aromatic heterocycles. The predicted molar refractivity (Wildman–Crippen MR) is 124 cm³/mol. The summed E-state index contributed by atoms with van der Waals surface area (Å²) in [6, 6.07) is 11.0. The highest BCUT2D eigenvalue weighted by Crippen LogP contribution is 2.29. The topological polar surface area (TPSA) is 60.0 Å². The third-order valence-corrected chi connectivity index (χ3v) is 6.14. The molecule has 3 heterocycles. The molecule has 0 radical (unpaired) electrons. The number of anilines is 1. The molecule has 0 saturated heterocycles. The zero-order valence-electron chi connectivity index (χ0n) is 18.8. The lowest BCUT2D eigenvalue weighted by atomic mass is 9.93. The van der Waals surface area contributed by atoms with Crippen molar-refractivity contribution in [3.8, 4) is 11.1 Å². The average molecular weight is 415 g/mol. The van der Waals surface area contributed by atoms with Crippen molar-refractivity contribution in [1.29, 1.82) is 0 Å². The minimum atomic E-state index is 0.325. The molecule has 1 aliphatic rings. The van der Waals surface area contributed by atoms with Gasteiger partial charge in [-0.15, -0.1) is 5.10 Å². The van der Waals surface area contributed by atoms with Crippen molar-refractivity contribution in [2.45, 2.75) is 59.5 Å². The Kier molecular flexibility index (Phi) is 5.00. The highest BCUT2D eigenvalue weighted by atomic mass is 15.3. The first-order valence-corrected chi connectivity index (χ1v) is 11.2. The Hall–Kier alpha value is -3.15. The van der Waals surface area contributed by atoms with Crippen molar-refractivity contribution in [2.75, 3.05) is 5.32 Å². The number of aromatic nitrogens is 5. The van der Waals surface area contributed by atoms with Crippen LogP contribution in [-0.4, -0.2) is 30.4 Å². The lowest BCUT2D eigenvalue weighted by molar-refractivity contribution is 0.457. The van der Waals surface area contributed by atoms with Crippen LogP contribution in [0.3, 0.4) is 0 Å². The first-order chi connectivity index (χ1) is 15.0. The Morgan fingerprint density at radius 2 is 2.03 bits per heavy atom. The Morgan fingerprint density at radius 3 is 2.84 bits per heavy atom. The van der Waals surface area contributed by atoms with E-state index >= 15 is 0 Å². The Morgan fingerprint density at radius 1 is 1.16 bits per heavy atom. The van der Waals surface area contributed by atoms with Crippen LogP contribution in [0.2, 0.25) is 0 Å². The maximum Gasteiger partial charge on any atom is 0.243 e. The summed E-state index contributed by atoms with van der Waals surface area (Å²) in [6.07, 6.45) is 7.08. The van der Waals surface area contributed by atoms with Crippen LogP contribution < -0.4 is 5.32 Å². The molecular weight excluding hydrogens is 384 g/mol. The van der Waals surface area contributed by atoms with Gasteiger partial charge >= 0.3 is 0 Å². The van der Waals surface area contributed by atoms with Gasteiger partial charge in [-0.2, -0.15) is 10.1 Å². The standard InChI is InChI=1S/C25H30N6/c1-16(2)15-31-23-10-8-20(13-19(23)14-26-31)27-25-28-24-22(6-5-11-30(24)29-25)21-9-7-17(3)12-18(21)4/h5-7,9,11-12,14,16,20H,8,10,13,15H2,1-4H3,(H,27,29). The molecule has 160 valence electrons. The largest absolute Gasteiger partial charge is 0.350 e. The van der Waals surface area contributed by atoms with E-state index in [1.165, 1.54) is 27.9 Å². The summed E-state index contributed by atoms with van der Waals surface area (Å²) in [5, 5.41) is 12.9. The minimum Gasteiger partial charge on any atom is -0.350 e. The third-order valence-electron chi connectivity index (χ3n) is 6.14. The van der Waals surface area contributed by atoms with Crippen LogP contribution in [0, 0.1) is 19.8 Å². The van der Waals surface area contributed by atoms with E-state index in [4.69, 9.17) is 10.1 Å². The molecule has 0 saturated carbocycles. The average Bonchev–Trinajstić information content (AvgIpc) is 3.31. The van der Waals surface area contributed by atoms with Gasteiger partial charge in [-0.3, -0.25) is 4.68 Å². The third kappa shape index (κ3) is 3.82. The molecule has 0 fully saturated rings. The molecule has 0 amide bonds. The number of rotatable bonds is 5. The fraction of sp³-hybridized carbons (Fsp3) is 0.400. The second kappa shape index (κ2) is 7.84. The number of aryl methyl sites for hydroxylation is 2. The maximum absolute atomic E-state index is 4.87. The van der Waals surface area contributed by atoms with E-state index in [2.05, 4.69) is 67.1 Å². The van der Waals surface area contributed by atoms with Crippen LogP contribution in [0.1, 0.15) is 42.7 Å². The normalized spacial score (nSPS) is 16.1. The van der Waals surface area contributed by atoms with Gasteiger partial charge in [-0.25, -0.2) is 4.52 Å². The number of nitrogens with zero attached hydrogens (tertiary/aromatic N) is 5. The molecule has 1 atom stereocenters. The van der Waals surface area contributed by atoms with Crippen LogP contribution in [-0.2, 0) is 19.4 Å². The molecule has 1 aliphatic carbocycles. The summed E-state index contributed by atoms with van der Waals surface area (Å²) < 4.78 is 4.07. The fourth-order valence-corrected chi connectivity index (χ4v) is 4.69. The van der Waals surface area contributed by atoms with E-state index in [1.807, 2.05) is 23.0 Å². The second-order valence-corrected chi connectivity index (χ2v) is 9.22. The van der Waals surface area contributed by atoms with Gasteiger partial charge in [0, 0.05) is 30.0 Å². The van der Waals surface area contributed by atoms with Gasteiger partial charge in [0.25, 0.3) is 0 Å². The van der Waals surface area contributed by atoms with E-state index < -0.39 is 0 Å². The molecule has 31 heavy (non-hydrogen) atoms. The van der Waals surface area contributed by atoms with Gasteiger partial charge in [0.15, 0.2) is 5.65 Å². The summed E-state index contributed by atoms with van der Waals surface area (Å²) >= 11 is 0. The predicted octanol–water partition coefficient (Wildman–Crippen LogP) is 4.84. The maximum atomic E-state index is 4.87. The SMILES string of the molecule is Cc1ccc(-c2cccn3nc(NC4CCc5c(cnn5CC(C)C)C4)nc23)c(C)c1. The molecule has 4 aromatic rings. The molecule has 6 heteroatoms. The van der Waals surface area contributed by atoms with Crippen molar-refractivity contribution in [3.63, 3.8) is 0 Å². The molecule has 6 nitrogen and oxygen atoms in total. The summed E-state index contributed by atoms with van der Waals surface area (Å²) in [7, 11) is 0. The van der Waals surface area contributed by atoms with Gasteiger partial charge < -0.3 is 5.32 Å². The number of hydrogen-bond acceptors (Lipinski definition) is 4. The van der Waals surface area contributed by atoms with Crippen LogP contribution in [0.25, 0.3) is 16.8 Å². The van der Waals surface area contributed by atoms with Crippen LogP contribution in [0.5, 0.6) is 0 Å². The quantitative estimate of drug-likeness (QED) is 0.508. The van der Waals surface area contributed by atoms with Gasteiger partial charge in [0.05, 0.1) is 6.20 Å². The first-order valence-electron chi connectivity index (χ1n) is 11.2. The lowest BCUT2D eigenvalue weighted by Crippen LogP contribution is -2.28. The van der Waals surface area contributed by atoms with Crippen molar-refractivity contribution in [2.24, 2.45) is 5.92 Å². The van der Waals surface area contributed by atoms with Gasteiger partial charge in [-0.1, -0.05) is 37.6 Å². The number of pyridine rings is 1. The number of hydrogen-bond donors (Lipinski definition) is 1. The molecular formula is C25H30N6. The van der Waals surface area contributed by atoms with Crippen LogP contribution >= 0.6 is 0 Å². The molecule has 0 bridgehead atoms. The van der Waals surface area contributed by atoms with Crippen LogP contribution in [0.15, 0.2) is 42.7 Å². The van der Waals surface area contributed by atoms with Crippen molar-refractivity contribution >= 4 is 11.6 Å². The monoisotopic (exact) mass is 414 g/mol. The first kappa shape index (κ1) is 19.8. The second-order valence-electron chi connectivity index (χ2n) is 9.22. The number of benzene rings is 1. The van der Waals surface area contributed by atoms with E-state index in [1.54, 1.807) is 0 Å². The summed E-state index contributed by atoms with van der Waals surface area (Å²) in [5.41, 5.74) is 8.47. The number of nitrogens with one attached hydrogen (secondary N) is 1. The van der Waals surface area contributed by atoms with E-state index in [9.17, 15) is 0 Å². The summed E-state index contributed by atoms with van der Waals surface area (Å²) in [5.74, 6) is 1.30. The molecule has 1 aromatic carbocycles. The Balaban J connectivity index is 1.39. The minimum absolute atomic E-state index is 0.325. The van der Waals surface area contributed by atoms with E-state index in [0.29, 0.717) is 17.9 Å². The molecule has 0 aliphatic heterocycles. The fourth-order valence-electron chi connectivity index (χ4n) is 4.69. The molecule has 0 spiro atoms. The van der Waals surface area contributed by atoms with Crippen molar-refractivity contribution in [3.05, 3.63) is 65.1 Å². The van der Waals surface area contributed by atoms with Crippen molar-refractivity contribution in [1.82, 2.24) is 24.4 Å². The van der Waals surface area contributed by atoms with Gasteiger partial charge in [-0.05, 0) is 67.9 Å². The number of fused-ring (bicyclic) bond motifs is 2. The van der Waals surface area contributed by atoms with Gasteiger partial charge in [0.2, 0.25) is 5.95 Å². The van der Waals surface area contributed by atoms with Crippen LogP contribution in [0.4, 0.5) is 5.95 Å². The molecule has 1 N–H and O–H groups in total. The summed E-state index contributed by atoms with van der Waals surface area (Å²) in [6.45, 7) is 9.74.